The van der Waals surface area contributed by atoms with Crippen LogP contribution in [0.5, 0.6) is 0 Å². The van der Waals surface area contributed by atoms with Gasteiger partial charge in [-0.15, -0.1) is 0 Å². The zero-order valence-corrected chi connectivity index (χ0v) is 13.3. The second-order valence-corrected chi connectivity index (χ2v) is 7.55. The molecule has 2 aromatic rings. The first-order chi connectivity index (χ1) is 9.63. The van der Waals surface area contributed by atoms with Crippen LogP contribution in [-0.2, 0) is 10.0 Å². The quantitative estimate of drug-likeness (QED) is 0.796. The summed E-state index contributed by atoms with van der Waals surface area (Å²) < 4.78 is 27.2. The van der Waals surface area contributed by atoms with Crippen molar-refractivity contribution in [1.82, 2.24) is 9.29 Å². The third-order valence-electron chi connectivity index (χ3n) is 3.69. The Balaban J connectivity index is 2.06. The molecule has 0 spiro atoms. The Bertz CT molecular complexity index is 728. The third kappa shape index (κ3) is 2.36. The third-order valence-corrected chi connectivity index (χ3v) is 6.53. The van der Waals surface area contributed by atoms with Crippen molar-refractivity contribution in [3.63, 3.8) is 0 Å². The van der Waals surface area contributed by atoms with Gasteiger partial charge in [0.25, 0.3) is 0 Å². The van der Waals surface area contributed by atoms with Crippen molar-refractivity contribution >= 4 is 36.9 Å². The molecule has 106 valence electrons. The standard InChI is InChI=1S/C14H15BrN2O2S/c15-9-11-6-8-17(10-11)20(18,19)14-5-1-4-13-12(14)3-2-7-16-13/h1-5,7,11H,6,8-10H2. The minimum absolute atomic E-state index is 0.360. The molecule has 6 heteroatoms. The van der Waals surface area contributed by atoms with Crippen LogP contribution in [0, 0.1) is 5.92 Å². The maximum absolute atomic E-state index is 12.8. The molecule has 20 heavy (non-hydrogen) atoms. The summed E-state index contributed by atoms with van der Waals surface area (Å²) in [5.74, 6) is 0.401. The van der Waals surface area contributed by atoms with Crippen LogP contribution in [0.2, 0.25) is 0 Å². The van der Waals surface area contributed by atoms with Gasteiger partial charge in [0.1, 0.15) is 0 Å². The second kappa shape index (κ2) is 5.42. The molecule has 1 aliphatic rings. The number of hydrogen-bond donors (Lipinski definition) is 0. The molecule has 1 atom stereocenters. The van der Waals surface area contributed by atoms with E-state index in [0.717, 1.165) is 11.8 Å². The van der Waals surface area contributed by atoms with Crippen LogP contribution in [0.25, 0.3) is 10.9 Å². The average Bonchev–Trinajstić information content (AvgIpc) is 2.96. The highest BCUT2D eigenvalue weighted by Gasteiger charge is 2.32. The fraction of sp³-hybridized carbons (Fsp3) is 0.357. The maximum Gasteiger partial charge on any atom is 0.243 e. The molecule has 4 nitrogen and oxygen atoms in total. The van der Waals surface area contributed by atoms with Gasteiger partial charge in [-0.05, 0) is 36.6 Å². The van der Waals surface area contributed by atoms with E-state index >= 15 is 0 Å². The Morgan fingerprint density at radius 3 is 2.90 bits per heavy atom. The van der Waals surface area contributed by atoms with Crippen molar-refractivity contribution in [1.29, 1.82) is 0 Å². The predicted molar refractivity (Wildman–Crippen MR) is 82.4 cm³/mol. The van der Waals surface area contributed by atoms with E-state index < -0.39 is 10.0 Å². The van der Waals surface area contributed by atoms with Gasteiger partial charge >= 0.3 is 0 Å². The summed E-state index contributed by atoms with van der Waals surface area (Å²) in [5, 5.41) is 1.54. The number of benzene rings is 1. The SMILES string of the molecule is O=S(=O)(c1cccc2ncccc12)N1CCC(CBr)C1. The van der Waals surface area contributed by atoms with Gasteiger partial charge < -0.3 is 0 Å². The zero-order valence-electron chi connectivity index (χ0n) is 10.9. The van der Waals surface area contributed by atoms with Gasteiger partial charge in [0.2, 0.25) is 10.0 Å². The maximum atomic E-state index is 12.8. The lowest BCUT2D eigenvalue weighted by atomic mass is 10.2. The van der Waals surface area contributed by atoms with Gasteiger partial charge in [0.15, 0.2) is 0 Å². The molecule has 1 fully saturated rings. The molecular formula is C14H15BrN2O2S. The van der Waals surface area contributed by atoms with E-state index in [1.165, 1.54) is 0 Å². The molecule has 3 rings (SSSR count). The minimum atomic E-state index is -3.44. The lowest BCUT2D eigenvalue weighted by molar-refractivity contribution is 0.466. The Hall–Kier alpha value is -0.980. The highest BCUT2D eigenvalue weighted by molar-refractivity contribution is 9.09. The molecule has 1 aromatic heterocycles. The molecule has 1 aliphatic heterocycles. The van der Waals surface area contributed by atoms with Crippen molar-refractivity contribution in [3.05, 3.63) is 36.5 Å². The summed E-state index contributed by atoms with van der Waals surface area (Å²) in [6.07, 6.45) is 2.59. The molecule has 0 saturated carbocycles. The van der Waals surface area contributed by atoms with E-state index in [2.05, 4.69) is 20.9 Å². The van der Waals surface area contributed by atoms with E-state index in [-0.39, 0.29) is 0 Å². The topological polar surface area (TPSA) is 50.3 Å². The number of nitrogens with zero attached hydrogens (tertiary/aromatic N) is 2. The first-order valence-electron chi connectivity index (χ1n) is 6.53. The van der Waals surface area contributed by atoms with Gasteiger partial charge in [-0.1, -0.05) is 22.0 Å². The van der Waals surface area contributed by atoms with Crippen LogP contribution in [0.3, 0.4) is 0 Å². The van der Waals surface area contributed by atoms with Crippen molar-refractivity contribution in [2.75, 3.05) is 18.4 Å². The zero-order chi connectivity index (χ0) is 14.2. The van der Waals surface area contributed by atoms with Gasteiger partial charge in [0, 0.05) is 30.0 Å². The number of fused-ring (bicyclic) bond motifs is 1. The molecule has 1 aromatic carbocycles. The average molecular weight is 355 g/mol. The van der Waals surface area contributed by atoms with E-state index in [9.17, 15) is 8.42 Å². The number of sulfonamides is 1. The van der Waals surface area contributed by atoms with Crippen molar-refractivity contribution in [2.24, 2.45) is 5.92 Å². The second-order valence-electron chi connectivity index (χ2n) is 5.00. The fourth-order valence-electron chi connectivity index (χ4n) is 2.58. The minimum Gasteiger partial charge on any atom is -0.256 e. The smallest absolute Gasteiger partial charge is 0.243 e. The molecule has 1 saturated heterocycles. The number of alkyl halides is 1. The summed E-state index contributed by atoms with van der Waals surface area (Å²) in [6.45, 7) is 1.18. The number of pyridine rings is 1. The van der Waals surface area contributed by atoms with Gasteiger partial charge in [0.05, 0.1) is 10.4 Å². The lowest BCUT2D eigenvalue weighted by Crippen LogP contribution is -2.29. The van der Waals surface area contributed by atoms with E-state index in [1.54, 1.807) is 28.7 Å². The Morgan fingerprint density at radius 2 is 2.15 bits per heavy atom. The predicted octanol–water partition coefficient (Wildman–Crippen LogP) is 2.64. The van der Waals surface area contributed by atoms with Crippen LogP contribution in [0.15, 0.2) is 41.4 Å². The lowest BCUT2D eigenvalue weighted by Gasteiger charge is -2.17. The number of aromatic nitrogens is 1. The highest BCUT2D eigenvalue weighted by atomic mass is 79.9. The fourth-order valence-corrected chi connectivity index (χ4v) is 4.84. The molecule has 0 aliphatic carbocycles. The van der Waals surface area contributed by atoms with Crippen LogP contribution in [-0.4, -0.2) is 36.1 Å². The molecule has 0 amide bonds. The summed E-state index contributed by atoms with van der Waals surface area (Å²) in [6, 6.07) is 8.83. The van der Waals surface area contributed by atoms with E-state index in [1.807, 2.05) is 12.1 Å². The monoisotopic (exact) mass is 354 g/mol. The van der Waals surface area contributed by atoms with E-state index in [4.69, 9.17) is 0 Å². The van der Waals surface area contributed by atoms with Crippen molar-refractivity contribution in [3.8, 4) is 0 Å². The van der Waals surface area contributed by atoms with Crippen LogP contribution in [0.4, 0.5) is 0 Å². The first kappa shape index (κ1) is 14.0. The van der Waals surface area contributed by atoms with E-state index in [0.29, 0.717) is 34.8 Å². The molecule has 0 radical (unpaired) electrons. The summed E-state index contributed by atoms with van der Waals surface area (Å²) in [7, 11) is -3.44. The summed E-state index contributed by atoms with van der Waals surface area (Å²) in [4.78, 5) is 4.58. The molecule has 1 unspecified atom stereocenters. The highest BCUT2D eigenvalue weighted by Crippen LogP contribution is 2.29. The molecule has 0 bridgehead atoms. The van der Waals surface area contributed by atoms with Gasteiger partial charge in [-0.3, -0.25) is 4.98 Å². The van der Waals surface area contributed by atoms with Crippen LogP contribution >= 0.6 is 15.9 Å². The Kier molecular flexibility index (Phi) is 3.79. The molecular weight excluding hydrogens is 340 g/mol. The summed E-state index contributed by atoms with van der Waals surface area (Å²) >= 11 is 3.43. The van der Waals surface area contributed by atoms with Gasteiger partial charge in [-0.25, -0.2) is 8.42 Å². The Morgan fingerprint density at radius 1 is 1.30 bits per heavy atom. The van der Waals surface area contributed by atoms with Crippen LogP contribution in [0.1, 0.15) is 6.42 Å². The summed E-state index contributed by atoms with van der Waals surface area (Å²) in [5.41, 5.74) is 0.713. The number of hydrogen-bond acceptors (Lipinski definition) is 3. The molecule has 2 heterocycles. The molecule has 0 N–H and O–H groups in total. The Labute approximate surface area is 127 Å². The number of halogens is 1. The normalized spacial score (nSPS) is 20.6. The largest absolute Gasteiger partial charge is 0.256 e. The van der Waals surface area contributed by atoms with Gasteiger partial charge in [-0.2, -0.15) is 4.31 Å². The first-order valence-corrected chi connectivity index (χ1v) is 9.09. The number of rotatable bonds is 3. The van der Waals surface area contributed by atoms with Crippen molar-refractivity contribution < 1.29 is 8.42 Å². The van der Waals surface area contributed by atoms with Crippen LogP contribution < -0.4 is 0 Å². The van der Waals surface area contributed by atoms with Crippen molar-refractivity contribution in [2.45, 2.75) is 11.3 Å².